The standard InChI is InChI=1S/C26H27FIN7O3S/c27-17-4-3-15(23(36)16(17)8-29)11-34-5-1-2-14(9-34)10-35-25-22(24(30)31-12-32-25)33-26(35)39-21-7-20-19(6-18(21)28)37-13-38-20/h3-4,6-7,12,14,36H,1-2,5,8-11,13,29H2,(H2,30,31,32)/t14-/m0/s1. The molecule has 2 aliphatic rings. The Bertz CT molecular complexity index is 1550. The van der Waals surface area contributed by atoms with Gasteiger partial charge in [0.25, 0.3) is 0 Å². The van der Waals surface area contributed by atoms with Gasteiger partial charge in [-0.3, -0.25) is 4.90 Å². The van der Waals surface area contributed by atoms with Crippen LogP contribution in [0.25, 0.3) is 11.2 Å². The Morgan fingerprint density at radius 2 is 2.03 bits per heavy atom. The molecule has 1 saturated heterocycles. The smallest absolute Gasteiger partial charge is 0.231 e. The van der Waals surface area contributed by atoms with Crippen molar-refractivity contribution in [3.63, 3.8) is 0 Å². The second kappa shape index (κ2) is 10.9. The van der Waals surface area contributed by atoms with E-state index < -0.39 is 5.82 Å². The summed E-state index contributed by atoms with van der Waals surface area (Å²) in [5.74, 6) is 1.56. The van der Waals surface area contributed by atoms with Gasteiger partial charge in [0.05, 0.1) is 0 Å². The molecule has 1 atom stereocenters. The summed E-state index contributed by atoms with van der Waals surface area (Å²) in [6, 6.07) is 6.95. The maximum atomic E-state index is 14.0. The van der Waals surface area contributed by atoms with E-state index in [2.05, 4.69) is 42.0 Å². The first-order valence-corrected chi connectivity index (χ1v) is 14.5. The van der Waals surface area contributed by atoms with Gasteiger partial charge in [0, 0.05) is 45.8 Å². The molecule has 0 radical (unpaired) electrons. The third kappa shape index (κ3) is 5.19. The van der Waals surface area contributed by atoms with E-state index in [1.54, 1.807) is 6.07 Å². The lowest BCUT2D eigenvalue weighted by Gasteiger charge is -2.33. The van der Waals surface area contributed by atoms with Crippen molar-refractivity contribution in [2.75, 3.05) is 25.6 Å². The molecule has 5 N–H and O–H groups in total. The minimum Gasteiger partial charge on any atom is -0.507 e. The Hall–Kier alpha value is -2.88. The van der Waals surface area contributed by atoms with Crippen LogP contribution in [0.4, 0.5) is 10.2 Å². The topological polar surface area (TPSA) is 138 Å². The minimum absolute atomic E-state index is 0.0461. The Balaban J connectivity index is 1.26. The molecule has 1 fully saturated rings. The Kier molecular flexibility index (Phi) is 7.39. The molecule has 0 bridgehead atoms. The molecule has 0 aliphatic carbocycles. The van der Waals surface area contributed by atoms with Gasteiger partial charge in [-0.1, -0.05) is 17.8 Å². The number of nitrogens with two attached hydrogens (primary N) is 2. The normalized spacial score (nSPS) is 17.3. The number of aromatic nitrogens is 4. The molecule has 0 saturated carbocycles. The van der Waals surface area contributed by atoms with Crippen molar-refractivity contribution < 1.29 is 19.0 Å². The SMILES string of the molecule is NCc1c(F)ccc(CN2CCC[C@H](Cn3c(Sc4cc5c(cc4I)OCO5)nc4c(N)ncnc43)C2)c1O. The van der Waals surface area contributed by atoms with Crippen molar-refractivity contribution in [3.05, 3.63) is 51.1 Å². The molecule has 0 amide bonds. The molecule has 4 aromatic rings. The van der Waals surface area contributed by atoms with Crippen molar-refractivity contribution in [3.8, 4) is 17.2 Å². The zero-order chi connectivity index (χ0) is 27.1. The number of hydrogen-bond donors (Lipinski definition) is 3. The molecule has 2 aliphatic heterocycles. The second-order valence-corrected chi connectivity index (χ2v) is 11.8. The van der Waals surface area contributed by atoms with Gasteiger partial charge in [0.15, 0.2) is 33.6 Å². The number of phenolic OH excluding ortho intramolecular Hbond substituents is 1. The number of aromatic hydroxyl groups is 1. The highest BCUT2D eigenvalue weighted by atomic mass is 127. The first kappa shape index (κ1) is 26.3. The van der Waals surface area contributed by atoms with Gasteiger partial charge < -0.3 is 30.6 Å². The van der Waals surface area contributed by atoms with Crippen LogP contribution < -0.4 is 20.9 Å². The average Bonchev–Trinajstić information content (AvgIpc) is 3.51. The van der Waals surface area contributed by atoms with E-state index in [1.165, 1.54) is 24.2 Å². The summed E-state index contributed by atoms with van der Waals surface area (Å²) >= 11 is 3.82. The second-order valence-electron chi connectivity index (χ2n) is 9.66. The van der Waals surface area contributed by atoms with Gasteiger partial charge >= 0.3 is 0 Å². The van der Waals surface area contributed by atoms with Crippen molar-refractivity contribution in [1.82, 2.24) is 24.4 Å². The van der Waals surface area contributed by atoms with Gasteiger partial charge in [-0.25, -0.2) is 19.3 Å². The van der Waals surface area contributed by atoms with E-state index in [4.69, 9.17) is 25.9 Å². The van der Waals surface area contributed by atoms with E-state index >= 15 is 0 Å². The molecular formula is C26H27FIN7O3S. The van der Waals surface area contributed by atoms with Crippen molar-refractivity contribution in [2.45, 2.75) is 42.5 Å². The monoisotopic (exact) mass is 663 g/mol. The fourth-order valence-corrected chi connectivity index (χ4v) is 6.87. The summed E-state index contributed by atoms with van der Waals surface area (Å²) < 4.78 is 28.3. The van der Waals surface area contributed by atoms with Crippen LogP contribution in [0.1, 0.15) is 24.0 Å². The number of nitrogens with zero attached hydrogens (tertiary/aromatic N) is 5. The molecule has 4 heterocycles. The number of rotatable bonds is 7. The number of hydrogen-bond acceptors (Lipinski definition) is 10. The number of fused-ring (bicyclic) bond motifs is 2. The van der Waals surface area contributed by atoms with Crippen LogP contribution >= 0.6 is 34.4 Å². The summed E-state index contributed by atoms with van der Waals surface area (Å²) in [7, 11) is 0. The Morgan fingerprint density at radius 3 is 2.85 bits per heavy atom. The van der Waals surface area contributed by atoms with E-state index in [9.17, 15) is 9.50 Å². The van der Waals surface area contributed by atoms with Crippen molar-refractivity contribution >= 4 is 51.3 Å². The molecule has 204 valence electrons. The third-order valence-electron chi connectivity index (χ3n) is 7.10. The summed E-state index contributed by atoms with van der Waals surface area (Å²) in [5, 5.41) is 11.3. The van der Waals surface area contributed by atoms with Gasteiger partial charge in [-0.2, -0.15) is 0 Å². The van der Waals surface area contributed by atoms with Gasteiger partial charge in [0.2, 0.25) is 6.79 Å². The Labute approximate surface area is 242 Å². The number of halogens is 2. The van der Waals surface area contributed by atoms with Gasteiger partial charge in [-0.05, 0) is 66.1 Å². The number of ether oxygens (including phenoxy) is 2. The molecule has 10 nitrogen and oxygen atoms in total. The zero-order valence-electron chi connectivity index (χ0n) is 20.9. The lowest BCUT2D eigenvalue weighted by molar-refractivity contribution is 0.153. The lowest BCUT2D eigenvalue weighted by Crippen LogP contribution is -2.36. The molecule has 6 rings (SSSR count). The molecule has 13 heteroatoms. The van der Waals surface area contributed by atoms with E-state index in [-0.39, 0.29) is 24.7 Å². The molecular weight excluding hydrogens is 636 g/mol. The van der Waals surface area contributed by atoms with Gasteiger partial charge in [-0.15, -0.1) is 0 Å². The maximum absolute atomic E-state index is 14.0. The zero-order valence-corrected chi connectivity index (χ0v) is 23.9. The predicted molar refractivity (Wildman–Crippen MR) is 153 cm³/mol. The average molecular weight is 664 g/mol. The first-order valence-electron chi connectivity index (χ1n) is 12.6. The molecule has 2 aromatic heterocycles. The number of anilines is 1. The van der Waals surface area contributed by atoms with E-state index in [0.29, 0.717) is 47.3 Å². The van der Waals surface area contributed by atoms with E-state index in [0.717, 1.165) is 45.3 Å². The maximum Gasteiger partial charge on any atom is 0.231 e. The Morgan fingerprint density at radius 1 is 1.21 bits per heavy atom. The fourth-order valence-electron chi connectivity index (χ4n) is 5.18. The minimum atomic E-state index is -0.481. The fraction of sp³-hybridized carbons (Fsp3) is 0.346. The molecule has 0 unspecified atom stereocenters. The number of nitrogen functional groups attached to an aromatic ring is 1. The van der Waals surface area contributed by atoms with Crippen LogP contribution in [0.2, 0.25) is 0 Å². The van der Waals surface area contributed by atoms with Crippen LogP contribution in [0.15, 0.2) is 40.6 Å². The van der Waals surface area contributed by atoms with Crippen LogP contribution in [-0.4, -0.2) is 49.4 Å². The largest absolute Gasteiger partial charge is 0.507 e. The van der Waals surface area contributed by atoms with Crippen LogP contribution in [0, 0.1) is 15.3 Å². The van der Waals surface area contributed by atoms with Gasteiger partial charge in [0.1, 0.15) is 17.9 Å². The summed E-state index contributed by atoms with van der Waals surface area (Å²) in [6.07, 6.45) is 3.50. The molecule has 39 heavy (non-hydrogen) atoms. The highest BCUT2D eigenvalue weighted by Crippen LogP contribution is 2.42. The summed E-state index contributed by atoms with van der Waals surface area (Å²) in [4.78, 5) is 16.8. The van der Waals surface area contributed by atoms with Crippen molar-refractivity contribution in [2.24, 2.45) is 11.7 Å². The number of likely N-dealkylation sites (tertiary alicyclic amines) is 1. The third-order valence-corrected chi connectivity index (χ3v) is 9.42. The number of imidazole rings is 1. The first-order chi connectivity index (χ1) is 18.9. The predicted octanol–water partition coefficient (Wildman–Crippen LogP) is 4.11. The van der Waals surface area contributed by atoms with Crippen LogP contribution in [0.3, 0.4) is 0 Å². The highest BCUT2D eigenvalue weighted by molar-refractivity contribution is 14.1. The molecule has 0 spiro atoms. The quantitative estimate of drug-likeness (QED) is 0.248. The highest BCUT2D eigenvalue weighted by Gasteiger charge is 2.26. The lowest BCUT2D eigenvalue weighted by atomic mass is 9.97. The van der Waals surface area contributed by atoms with Crippen LogP contribution in [0.5, 0.6) is 17.2 Å². The summed E-state index contributed by atoms with van der Waals surface area (Å²) in [6.45, 7) is 3.08. The number of piperidine rings is 1. The number of benzene rings is 2. The number of phenols is 1. The van der Waals surface area contributed by atoms with Crippen LogP contribution in [-0.2, 0) is 19.6 Å². The molecule has 2 aromatic carbocycles. The van der Waals surface area contributed by atoms with Crippen molar-refractivity contribution in [1.29, 1.82) is 0 Å². The summed E-state index contributed by atoms with van der Waals surface area (Å²) in [5.41, 5.74) is 13.9. The van der Waals surface area contributed by atoms with E-state index in [1.807, 2.05) is 12.1 Å².